The number of benzene rings is 1. The first-order chi connectivity index (χ1) is 18.6. The maximum absolute atomic E-state index is 12.6. The van der Waals surface area contributed by atoms with E-state index in [1.54, 1.807) is 0 Å². The summed E-state index contributed by atoms with van der Waals surface area (Å²) in [4.78, 5) is 55.4. The molecule has 3 amide bonds. The zero-order valence-electron chi connectivity index (χ0n) is 23.1. The van der Waals surface area contributed by atoms with Gasteiger partial charge in [0.15, 0.2) is 5.58 Å². The number of aromatic nitrogens is 1. The first-order valence-corrected chi connectivity index (χ1v) is 14.0. The zero-order chi connectivity index (χ0) is 27.7. The average Bonchev–Trinajstić information content (AvgIpc) is 3.19. The van der Waals surface area contributed by atoms with Crippen LogP contribution in [-0.2, 0) is 20.9 Å². The average molecular weight is 542 g/mol. The quantitative estimate of drug-likeness (QED) is 0.574. The molecular formula is C28H39N5O6. The van der Waals surface area contributed by atoms with Crippen molar-refractivity contribution in [3.63, 3.8) is 0 Å². The Morgan fingerprint density at radius 3 is 2.36 bits per heavy atom. The van der Waals surface area contributed by atoms with Gasteiger partial charge in [0, 0.05) is 58.8 Å². The summed E-state index contributed by atoms with van der Waals surface area (Å²) < 4.78 is 12.4. The summed E-state index contributed by atoms with van der Waals surface area (Å²) in [6, 6.07) is 4.95. The van der Waals surface area contributed by atoms with E-state index in [-0.39, 0.29) is 24.8 Å². The summed E-state index contributed by atoms with van der Waals surface area (Å²) in [6.45, 7) is 12.9. The largest absolute Gasteiger partial charge is 0.444 e. The maximum Gasteiger partial charge on any atom is 0.420 e. The summed E-state index contributed by atoms with van der Waals surface area (Å²) in [6.07, 6.45) is 2.28. The van der Waals surface area contributed by atoms with Gasteiger partial charge in [-0.15, -0.1) is 0 Å². The van der Waals surface area contributed by atoms with Crippen molar-refractivity contribution in [3.05, 3.63) is 34.3 Å². The van der Waals surface area contributed by atoms with E-state index in [2.05, 4.69) is 15.1 Å². The fourth-order valence-corrected chi connectivity index (χ4v) is 5.78. The molecule has 0 bridgehead atoms. The molecule has 0 spiro atoms. The van der Waals surface area contributed by atoms with Crippen molar-refractivity contribution >= 4 is 29.0 Å². The lowest BCUT2D eigenvalue weighted by Crippen LogP contribution is -2.49. The Balaban J connectivity index is 1.10. The Hall–Kier alpha value is -3.18. The second kappa shape index (κ2) is 11.1. The molecule has 3 fully saturated rings. The van der Waals surface area contributed by atoms with Crippen LogP contribution in [0.2, 0.25) is 0 Å². The van der Waals surface area contributed by atoms with E-state index in [0.29, 0.717) is 17.0 Å². The van der Waals surface area contributed by atoms with E-state index in [1.807, 2.05) is 43.9 Å². The molecule has 1 aromatic carbocycles. The molecule has 212 valence electrons. The molecule has 0 aliphatic carbocycles. The molecule has 0 radical (unpaired) electrons. The van der Waals surface area contributed by atoms with Gasteiger partial charge in [-0.05, 0) is 63.6 Å². The van der Waals surface area contributed by atoms with Crippen LogP contribution >= 0.6 is 0 Å². The fourth-order valence-electron chi connectivity index (χ4n) is 5.78. The van der Waals surface area contributed by atoms with Gasteiger partial charge in [-0.1, -0.05) is 6.07 Å². The Kier molecular flexibility index (Phi) is 7.82. The van der Waals surface area contributed by atoms with E-state index < -0.39 is 23.3 Å². The molecule has 11 nitrogen and oxygen atoms in total. The van der Waals surface area contributed by atoms with Crippen LogP contribution in [0.15, 0.2) is 27.4 Å². The summed E-state index contributed by atoms with van der Waals surface area (Å²) in [5, 5.41) is 2.31. The summed E-state index contributed by atoms with van der Waals surface area (Å²) in [5.41, 5.74) is 1.61. The molecule has 3 aliphatic rings. The molecule has 1 aromatic heterocycles. The summed E-state index contributed by atoms with van der Waals surface area (Å²) in [7, 11) is 0. The number of ether oxygens (including phenoxy) is 1. The third kappa shape index (κ3) is 6.52. The van der Waals surface area contributed by atoms with E-state index in [1.165, 1.54) is 4.57 Å². The SMILES string of the molecule is CC(C)(C)OC(=O)N1CCC(CN2CCN(Cc3ccc4c(c3)oc(=O)n4C3CCC(=O)NC3=O)CC2)CC1. The van der Waals surface area contributed by atoms with Gasteiger partial charge in [0.1, 0.15) is 11.6 Å². The lowest BCUT2D eigenvalue weighted by Gasteiger charge is -2.39. The van der Waals surface area contributed by atoms with E-state index >= 15 is 0 Å². The second-order valence-electron chi connectivity index (χ2n) is 12.0. The van der Waals surface area contributed by atoms with Crippen LogP contribution in [0.5, 0.6) is 0 Å². The molecule has 5 rings (SSSR count). The highest BCUT2D eigenvalue weighted by atomic mass is 16.6. The summed E-state index contributed by atoms with van der Waals surface area (Å²) in [5.74, 6) is -0.772. The molecule has 4 heterocycles. The van der Waals surface area contributed by atoms with Crippen LogP contribution in [0, 0.1) is 5.92 Å². The molecule has 2 aromatic rings. The van der Waals surface area contributed by atoms with Crippen molar-refractivity contribution in [1.82, 2.24) is 24.6 Å². The van der Waals surface area contributed by atoms with Gasteiger partial charge in [0.05, 0.1) is 5.52 Å². The van der Waals surface area contributed by atoms with Crippen molar-refractivity contribution in [1.29, 1.82) is 0 Å². The van der Waals surface area contributed by atoms with Crippen LogP contribution in [0.25, 0.3) is 11.1 Å². The molecule has 3 saturated heterocycles. The van der Waals surface area contributed by atoms with Gasteiger partial charge >= 0.3 is 11.8 Å². The molecule has 1 N–H and O–H groups in total. The minimum Gasteiger partial charge on any atom is -0.444 e. The number of carbonyl (C=O) groups is 3. The number of fused-ring (bicyclic) bond motifs is 1. The number of hydrogen-bond donors (Lipinski definition) is 1. The number of carbonyl (C=O) groups excluding carboxylic acids is 3. The van der Waals surface area contributed by atoms with E-state index in [4.69, 9.17) is 9.15 Å². The number of imide groups is 1. The standard InChI is InChI=1S/C28H39N5O6/c1-28(2,3)39-26(36)32-10-8-19(9-11-32)17-30-12-14-31(15-13-30)18-20-4-5-21-23(16-20)38-27(37)33(21)22-6-7-24(34)29-25(22)35/h4-5,16,19,22H,6-15,17-18H2,1-3H3,(H,29,34,35). The molecule has 1 unspecified atom stereocenters. The lowest BCUT2D eigenvalue weighted by molar-refractivity contribution is -0.135. The van der Waals surface area contributed by atoms with Crippen molar-refractivity contribution in [2.75, 3.05) is 45.8 Å². The van der Waals surface area contributed by atoms with Gasteiger partial charge in [-0.2, -0.15) is 0 Å². The minimum atomic E-state index is -0.736. The predicted molar refractivity (Wildman–Crippen MR) is 144 cm³/mol. The first kappa shape index (κ1) is 27.4. The zero-order valence-corrected chi connectivity index (χ0v) is 23.1. The number of nitrogens with zero attached hydrogens (tertiary/aromatic N) is 4. The van der Waals surface area contributed by atoms with E-state index in [0.717, 1.165) is 70.8 Å². The highest BCUT2D eigenvalue weighted by Gasteiger charge is 2.32. The molecular weight excluding hydrogens is 502 g/mol. The predicted octanol–water partition coefficient (Wildman–Crippen LogP) is 2.34. The van der Waals surface area contributed by atoms with Gasteiger partial charge in [0.2, 0.25) is 11.8 Å². The number of oxazole rings is 1. The van der Waals surface area contributed by atoms with Crippen LogP contribution in [-0.4, -0.2) is 88.6 Å². The van der Waals surface area contributed by atoms with Gasteiger partial charge in [-0.3, -0.25) is 24.4 Å². The topological polar surface area (TPSA) is 117 Å². The Bertz CT molecular complexity index is 1280. The van der Waals surface area contributed by atoms with Crippen molar-refractivity contribution in [2.45, 2.75) is 64.6 Å². The monoisotopic (exact) mass is 541 g/mol. The number of amides is 3. The normalized spacial score (nSPS) is 22.3. The number of piperazine rings is 1. The third-order valence-electron chi connectivity index (χ3n) is 7.85. The number of likely N-dealkylation sites (tertiary alicyclic amines) is 1. The Labute approximate surface area is 228 Å². The van der Waals surface area contributed by atoms with Gasteiger partial charge in [0.25, 0.3) is 0 Å². The molecule has 11 heteroatoms. The van der Waals surface area contributed by atoms with Crippen molar-refractivity contribution in [2.24, 2.45) is 5.92 Å². The Morgan fingerprint density at radius 2 is 1.69 bits per heavy atom. The first-order valence-electron chi connectivity index (χ1n) is 14.0. The van der Waals surface area contributed by atoms with Crippen LogP contribution in [0.1, 0.15) is 58.1 Å². The van der Waals surface area contributed by atoms with E-state index in [9.17, 15) is 19.2 Å². The number of hydrogen-bond acceptors (Lipinski definition) is 8. The minimum absolute atomic E-state index is 0.199. The fraction of sp³-hybridized carbons (Fsp3) is 0.643. The summed E-state index contributed by atoms with van der Waals surface area (Å²) >= 11 is 0. The number of rotatable bonds is 5. The van der Waals surface area contributed by atoms with Gasteiger partial charge < -0.3 is 19.0 Å². The number of piperidine rings is 2. The molecule has 39 heavy (non-hydrogen) atoms. The van der Waals surface area contributed by atoms with Gasteiger partial charge in [-0.25, -0.2) is 9.59 Å². The van der Waals surface area contributed by atoms with Crippen LogP contribution in [0.3, 0.4) is 0 Å². The lowest BCUT2D eigenvalue weighted by atomic mass is 9.96. The van der Waals surface area contributed by atoms with Crippen LogP contribution in [0.4, 0.5) is 4.79 Å². The van der Waals surface area contributed by atoms with Crippen molar-refractivity contribution in [3.8, 4) is 0 Å². The molecule has 1 atom stereocenters. The number of nitrogens with one attached hydrogen (secondary N) is 1. The second-order valence-corrected chi connectivity index (χ2v) is 12.0. The highest BCUT2D eigenvalue weighted by molar-refractivity contribution is 6.00. The third-order valence-corrected chi connectivity index (χ3v) is 7.85. The Morgan fingerprint density at radius 1 is 1.00 bits per heavy atom. The maximum atomic E-state index is 12.6. The molecule has 0 saturated carbocycles. The molecule has 3 aliphatic heterocycles. The van der Waals surface area contributed by atoms with Crippen molar-refractivity contribution < 1.29 is 23.5 Å². The highest BCUT2D eigenvalue weighted by Crippen LogP contribution is 2.25. The smallest absolute Gasteiger partial charge is 0.420 e. The van der Waals surface area contributed by atoms with Crippen LogP contribution < -0.4 is 11.1 Å².